The Balaban J connectivity index is 2.23. The van der Waals surface area contributed by atoms with E-state index in [1.165, 1.54) is 7.11 Å². The molecule has 10 atom stereocenters. The standard InChI is InChI=1S/C15H26O13/c1-25-12-7(4-17)26-13(9(21)8(12)20)27-10-5(18)2-15(24,14(22)23)28-11(10)6(19)3-16/h5-13,16-21,24H,2-4H2,1H3,(H,22,23)/t5-,6-,7-,8-,9+,10-,11-,12-,13-,15?/m1/s1. The summed E-state index contributed by atoms with van der Waals surface area (Å²) >= 11 is 0. The molecular formula is C15H26O13. The lowest BCUT2D eigenvalue weighted by Gasteiger charge is -2.47. The summed E-state index contributed by atoms with van der Waals surface area (Å²) in [7, 11) is 1.23. The summed E-state index contributed by atoms with van der Waals surface area (Å²) in [5.41, 5.74) is 0. The Hall–Kier alpha value is -0.970. The quantitative estimate of drug-likeness (QED) is 0.196. The molecule has 0 aromatic heterocycles. The van der Waals surface area contributed by atoms with Gasteiger partial charge < -0.3 is 59.8 Å². The zero-order chi connectivity index (χ0) is 21.2. The van der Waals surface area contributed by atoms with Gasteiger partial charge in [0.25, 0.3) is 5.79 Å². The Kier molecular flexibility index (Phi) is 7.69. The van der Waals surface area contributed by atoms with Crippen molar-refractivity contribution in [3.8, 4) is 0 Å². The van der Waals surface area contributed by atoms with Crippen LogP contribution in [0.5, 0.6) is 0 Å². The van der Waals surface area contributed by atoms with Crippen molar-refractivity contribution in [2.45, 2.75) is 67.3 Å². The zero-order valence-corrected chi connectivity index (χ0v) is 14.9. The second-order valence-corrected chi connectivity index (χ2v) is 6.70. The lowest BCUT2D eigenvalue weighted by atomic mass is 9.92. The van der Waals surface area contributed by atoms with Crippen molar-refractivity contribution >= 4 is 5.97 Å². The number of rotatable bonds is 7. The van der Waals surface area contributed by atoms with E-state index >= 15 is 0 Å². The summed E-state index contributed by atoms with van der Waals surface area (Å²) < 4.78 is 20.7. The third kappa shape index (κ3) is 4.44. The maximum absolute atomic E-state index is 11.2. The number of carboxylic acids is 1. The van der Waals surface area contributed by atoms with E-state index in [0.717, 1.165) is 0 Å². The molecule has 2 aliphatic rings. The summed E-state index contributed by atoms with van der Waals surface area (Å²) in [4.78, 5) is 11.2. The molecule has 2 saturated heterocycles. The molecular weight excluding hydrogens is 388 g/mol. The molecule has 0 amide bonds. The first kappa shape index (κ1) is 23.3. The average Bonchev–Trinajstić information content (AvgIpc) is 2.65. The highest BCUT2D eigenvalue weighted by Crippen LogP contribution is 2.34. The fourth-order valence-corrected chi connectivity index (χ4v) is 3.28. The van der Waals surface area contributed by atoms with Crippen molar-refractivity contribution < 1.29 is 64.6 Å². The third-order valence-electron chi connectivity index (χ3n) is 4.80. The topological polar surface area (TPSA) is 216 Å². The largest absolute Gasteiger partial charge is 0.477 e. The summed E-state index contributed by atoms with van der Waals surface area (Å²) in [6, 6.07) is 0. The molecule has 8 N–H and O–H groups in total. The molecule has 0 aliphatic carbocycles. The smallest absolute Gasteiger partial charge is 0.364 e. The predicted octanol–water partition coefficient (Wildman–Crippen LogP) is -4.90. The Bertz CT molecular complexity index is 530. The molecule has 0 radical (unpaired) electrons. The molecule has 0 spiro atoms. The van der Waals surface area contributed by atoms with E-state index in [-0.39, 0.29) is 0 Å². The summed E-state index contributed by atoms with van der Waals surface area (Å²) in [6.45, 7) is -1.53. The van der Waals surface area contributed by atoms with E-state index in [4.69, 9.17) is 24.1 Å². The van der Waals surface area contributed by atoms with Gasteiger partial charge >= 0.3 is 5.97 Å². The van der Waals surface area contributed by atoms with E-state index in [1.807, 2.05) is 0 Å². The minimum atomic E-state index is -2.85. The fraction of sp³-hybridized carbons (Fsp3) is 0.933. The van der Waals surface area contributed by atoms with Gasteiger partial charge in [-0.3, -0.25) is 0 Å². The van der Waals surface area contributed by atoms with E-state index in [0.29, 0.717) is 0 Å². The first-order chi connectivity index (χ1) is 13.1. The van der Waals surface area contributed by atoms with Gasteiger partial charge in [-0.1, -0.05) is 0 Å². The van der Waals surface area contributed by atoms with Crippen LogP contribution in [-0.4, -0.2) is 128 Å². The van der Waals surface area contributed by atoms with Crippen LogP contribution in [0, 0.1) is 0 Å². The second kappa shape index (κ2) is 9.23. The number of hydrogen-bond acceptors (Lipinski definition) is 12. The van der Waals surface area contributed by atoms with Crippen LogP contribution in [0.4, 0.5) is 0 Å². The molecule has 2 rings (SSSR count). The molecule has 1 unspecified atom stereocenters. The van der Waals surface area contributed by atoms with E-state index in [9.17, 15) is 40.5 Å². The minimum Gasteiger partial charge on any atom is -0.477 e. The van der Waals surface area contributed by atoms with E-state index < -0.39 is 86.5 Å². The third-order valence-corrected chi connectivity index (χ3v) is 4.80. The Morgan fingerprint density at radius 1 is 1.21 bits per heavy atom. The Morgan fingerprint density at radius 3 is 2.36 bits per heavy atom. The van der Waals surface area contributed by atoms with Gasteiger partial charge in [0.15, 0.2) is 6.29 Å². The van der Waals surface area contributed by atoms with Crippen LogP contribution in [-0.2, 0) is 23.7 Å². The molecule has 2 fully saturated rings. The SMILES string of the molecule is CO[C@H]1[C@H](O)[C@H](O)[C@@H](O[C@H]2[C@@H]([C@H](O)CO)OC(O)(C(=O)O)C[C@H]2O)O[C@@H]1CO. The van der Waals surface area contributed by atoms with Crippen LogP contribution in [0.2, 0.25) is 0 Å². The van der Waals surface area contributed by atoms with Gasteiger partial charge in [0.2, 0.25) is 0 Å². The van der Waals surface area contributed by atoms with Gasteiger partial charge in [0, 0.05) is 13.5 Å². The Labute approximate surface area is 159 Å². The van der Waals surface area contributed by atoms with Crippen molar-refractivity contribution in [1.82, 2.24) is 0 Å². The van der Waals surface area contributed by atoms with Crippen molar-refractivity contribution in [1.29, 1.82) is 0 Å². The lowest BCUT2D eigenvalue weighted by molar-refractivity contribution is -0.361. The van der Waals surface area contributed by atoms with E-state index in [2.05, 4.69) is 0 Å². The van der Waals surface area contributed by atoms with Gasteiger partial charge in [0.05, 0.1) is 19.3 Å². The molecule has 0 aromatic rings. The molecule has 0 bridgehead atoms. The first-order valence-corrected chi connectivity index (χ1v) is 8.50. The predicted molar refractivity (Wildman–Crippen MR) is 84.6 cm³/mol. The van der Waals surface area contributed by atoms with Crippen LogP contribution in [0.25, 0.3) is 0 Å². The highest BCUT2D eigenvalue weighted by Gasteiger charge is 2.55. The Morgan fingerprint density at radius 2 is 1.86 bits per heavy atom. The summed E-state index contributed by atoms with van der Waals surface area (Å²) in [6.07, 6.45) is -14.7. The second-order valence-electron chi connectivity index (χ2n) is 6.70. The molecule has 13 heteroatoms. The van der Waals surface area contributed by atoms with E-state index in [1.54, 1.807) is 0 Å². The number of carboxylic acid groups (broad SMARTS) is 1. The number of methoxy groups -OCH3 is 1. The molecule has 164 valence electrons. The van der Waals surface area contributed by atoms with Crippen LogP contribution in [0.1, 0.15) is 6.42 Å². The van der Waals surface area contributed by atoms with Crippen LogP contribution >= 0.6 is 0 Å². The van der Waals surface area contributed by atoms with Crippen LogP contribution < -0.4 is 0 Å². The molecule has 2 aliphatic heterocycles. The normalized spacial score (nSPS) is 45.6. The molecule has 13 nitrogen and oxygen atoms in total. The molecule has 0 saturated carbocycles. The lowest BCUT2D eigenvalue weighted by Crippen LogP contribution is -2.65. The maximum Gasteiger partial charge on any atom is 0.364 e. The van der Waals surface area contributed by atoms with Gasteiger partial charge in [0.1, 0.15) is 42.7 Å². The summed E-state index contributed by atoms with van der Waals surface area (Å²) in [5.74, 6) is -4.67. The number of aliphatic carboxylic acids is 1. The number of carbonyl (C=O) groups is 1. The van der Waals surface area contributed by atoms with Gasteiger partial charge in [-0.25, -0.2) is 4.79 Å². The fourth-order valence-electron chi connectivity index (χ4n) is 3.28. The van der Waals surface area contributed by atoms with Crippen molar-refractivity contribution in [3.05, 3.63) is 0 Å². The number of hydrogen-bond donors (Lipinski definition) is 8. The monoisotopic (exact) mass is 414 g/mol. The first-order valence-electron chi connectivity index (χ1n) is 8.50. The summed E-state index contributed by atoms with van der Waals surface area (Å²) in [5, 5.41) is 78.2. The average molecular weight is 414 g/mol. The number of aliphatic hydroxyl groups excluding tert-OH is 6. The van der Waals surface area contributed by atoms with Crippen molar-refractivity contribution in [2.75, 3.05) is 20.3 Å². The minimum absolute atomic E-state index is 0.604. The van der Waals surface area contributed by atoms with Crippen molar-refractivity contribution in [2.24, 2.45) is 0 Å². The van der Waals surface area contributed by atoms with Crippen molar-refractivity contribution in [3.63, 3.8) is 0 Å². The zero-order valence-electron chi connectivity index (χ0n) is 14.9. The van der Waals surface area contributed by atoms with Gasteiger partial charge in [-0.2, -0.15) is 0 Å². The highest BCUT2D eigenvalue weighted by atomic mass is 16.7. The highest BCUT2D eigenvalue weighted by molar-refractivity contribution is 5.75. The molecule has 28 heavy (non-hydrogen) atoms. The molecule has 0 aromatic carbocycles. The number of aliphatic hydroxyl groups is 7. The maximum atomic E-state index is 11.2. The van der Waals surface area contributed by atoms with Crippen LogP contribution in [0.15, 0.2) is 0 Å². The van der Waals surface area contributed by atoms with Crippen LogP contribution in [0.3, 0.4) is 0 Å². The number of ether oxygens (including phenoxy) is 4. The van der Waals surface area contributed by atoms with Gasteiger partial charge in [-0.15, -0.1) is 0 Å². The van der Waals surface area contributed by atoms with Gasteiger partial charge in [-0.05, 0) is 0 Å². The molecule has 2 heterocycles.